The molecule has 2 aromatic carbocycles. The Hall–Kier alpha value is -2.49. The van der Waals surface area contributed by atoms with Crippen molar-refractivity contribution < 1.29 is 15.0 Å². The van der Waals surface area contributed by atoms with Crippen molar-refractivity contribution in [1.29, 1.82) is 0 Å². The largest absolute Gasteiger partial charge is 0.508 e. The third kappa shape index (κ3) is 3.34. The molecule has 4 nitrogen and oxygen atoms in total. The molecule has 4 heteroatoms. The van der Waals surface area contributed by atoms with Crippen LogP contribution >= 0.6 is 0 Å². The van der Waals surface area contributed by atoms with Crippen molar-refractivity contribution in [3.05, 3.63) is 58.7 Å². The van der Waals surface area contributed by atoms with E-state index in [2.05, 4.69) is 5.32 Å². The number of anilines is 1. The molecule has 0 heterocycles. The first-order valence-electron chi connectivity index (χ1n) is 6.78. The molecule has 2 aromatic rings. The zero-order valence-electron chi connectivity index (χ0n) is 12.3. The van der Waals surface area contributed by atoms with E-state index >= 15 is 0 Å². The van der Waals surface area contributed by atoms with Crippen molar-refractivity contribution in [2.75, 3.05) is 5.32 Å². The van der Waals surface area contributed by atoms with Crippen LogP contribution in [0.2, 0.25) is 0 Å². The van der Waals surface area contributed by atoms with Gasteiger partial charge in [0, 0.05) is 11.3 Å². The topological polar surface area (TPSA) is 69.6 Å². The minimum absolute atomic E-state index is 0.0840. The van der Waals surface area contributed by atoms with Gasteiger partial charge in [0.05, 0.1) is 11.6 Å². The van der Waals surface area contributed by atoms with Crippen molar-refractivity contribution in [2.45, 2.75) is 26.8 Å². The second-order valence-corrected chi connectivity index (χ2v) is 5.26. The van der Waals surface area contributed by atoms with E-state index in [0.717, 1.165) is 22.4 Å². The summed E-state index contributed by atoms with van der Waals surface area (Å²) in [6, 6.07) is 10.4. The maximum Gasteiger partial charge on any atom is 0.335 e. The summed E-state index contributed by atoms with van der Waals surface area (Å²) < 4.78 is 0. The number of hydrogen-bond donors (Lipinski definition) is 3. The first-order chi connectivity index (χ1) is 9.88. The summed E-state index contributed by atoms with van der Waals surface area (Å²) in [7, 11) is 0. The number of carboxylic acid groups (broad SMARTS) is 1. The first kappa shape index (κ1) is 14.9. The van der Waals surface area contributed by atoms with Crippen molar-refractivity contribution >= 4 is 11.7 Å². The third-order valence-electron chi connectivity index (χ3n) is 3.49. The van der Waals surface area contributed by atoms with Gasteiger partial charge in [0.1, 0.15) is 5.75 Å². The summed E-state index contributed by atoms with van der Waals surface area (Å²) in [5, 5.41) is 22.2. The fourth-order valence-electron chi connectivity index (χ4n) is 2.29. The van der Waals surface area contributed by atoms with Crippen molar-refractivity contribution in [2.24, 2.45) is 0 Å². The second-order valence-electron chi connectivity index (χ2n) is 5.26. The zero-order chi connectivity index (χ0) is 15.6. The minimum Gasteiger partial charge on any atom is -0.508 e. The third-order valence-corrected chi connectivity index (χ3v) is 3.49. The van der Waals surface area contributed by atoms with Gasteiger partial charge in [-0.1, -0.05) is 17.7 Å². The first-order valence-corrected chi connectivity index (χ1v) is 6.78. The van der Waals surface area contributed by atoms with E-state index in [4.69, 9.17) is 5.11 Å². The van der Waals surface area contributed by atoms with Gasteiger partial charge in [0.2, 0.25) is 0 Å². The highest BCUT2D eigenvalue weighted by molar-refractivity contribution is 5.88. The van der Waals surface area contributed by atoms with Crippen molar-refractivity contribution in [3.63, 3.8) is 0 Å². The monoisotopic (exact) mass is 285 g/mol. The number of carboxylic acids is 1. The number of phenols is 1. The summed E-state index contributed by atoms with van der Waals surface area (Å²) in [5.41, 5.74) is 3.87. The van der Waals surface area contributed by atoms with Crippen LogP contribution in [0.1, 0.15) is 40.0 Å². The SMILES string of the molecule is Cc1ccc(O)c(C(C)Nc2ccc(C(=O)O)cc2C)c1. The van der Waals surface area contributed by atoms with Crippen LogP contribution in [0, 0.1) is 13.8 Å². The molecule has 0 aliphatic carbocycles. The molecule has 0 amide bonds. The molecule has 1 unspecified atom stereocenters. The number of carbonyl (C=O) groups is 1. The van der Waals surface area contributed by atoms with Gasteiger partial charge in [-0.2, -0.15) is 0 Å². The molecule has 21 heavy (non-hydrogen) atoms. The smallest absolute Gasteiger partial charge is 0.335 e. The van der Waals surface area contributed by atoms with Gasteiger partial charge in [-0.05, 0) is 50.6 Å². The Labute approximate surface area is 124 Å². The van der Waals surface area contributed by atoms with E-state index in [1.807, 2.05) is 32.9 Å². The summed E-state index contributed by atoms with van der Waals surface area (Å²) in [4.78, 5) is 10.9. The fourth-order valence-corrected chi connectivity index (χ4v) is 2.29. The summed E-state index contributed by atoms with van der Waals surface area (Å²) >= 11 is 0. The fraction of sp³-hybridized carbons (Fsp3) is 0.235. The number of benzene rings is 2. The average Bonchev–Trinajstić information content (AvgIpc) is 2.43. The lowest BCUT2D eigenvalue weighted by Gasteiger charge is -2.19. The molecule has 110 valence electrons. The van der Waals surface area contributed by atoms with Crippen molar-refractivity contribution in [3.8, 4) is 5.75 Å². The molecule has 0 saturated heterocycles. The van der Waals surface area contributed by atoms with Crippen LogP contribution in [0.3, 0.4) is 0 Å². The lowest BCUT2D eigenvalue weighted by Crippen LogP contribution is -2.09. The van der Waals surface area contributed by atoms with Gasteiger partial charge >= 0.3 is 5.97 Å². The van der Waals surface area contributed by atoms with E-state index in [-0.39, 0.29) is 17.4 Å². The molecule has 0 aliphatic heterocycles. The Morgan fingerprint density at radius 2 is 1.86 bits per heavy atom. The Balaban J connectivity index is 2.25. The number of aryl methyl sites for hydroxylation is 2. The molecule has 0 bridgehead atoms. The van der Waals surface area contributed by atoms with Gasteiger partial charge in [0.25, 0.3) is 0 Å². The molecule has 1 atom stereocenters. The van der Waals surface area contributed by atoms with E-state index < -0.39 is 5.97 Å². The molecule has 0 spiro atoms. The van der Waals surface area contributed by atoms with E-state index in [1.54, 1.807) is 24.3 Å². The maximum atomic E-state index is 10.9. The number of phenolic OH excluding ortho intramolecular Hbond substituents is 1. The molecule has 2 rings (SSSR count). The van der Waals surface area contributed by atoms with E-state index in [1.165, 1.54) is 0 Å². The summed E-state index contributed by atoms with van der Waals surface area (Å²) in [5.74, 6) is -0.686. The average molecular weight is 285 g/mol. The highest BCUT2D eigenvalue weighted by Gasteiger charge is 2.12. The summed E-state index contributed by atoms with van der Waals surface area (Å²) in [6.45, 7) is 5.79. The van der Waals surface area contributed by atoms with Crippen LogP contribution in [-0.4, -0.2) is 16.2 Å². The van der Waals surface area contributed by atoms with Crippen LogP contribution in [0.15, 0.2) is 36.4 Å². The molecule has 3 N–H and O–H groups in total. The van der Waals surface area contributed by atoms with Gasteiger partial charge in [-0.15, -0.1) is 0 Å². The predicted octanol–water partition coefficient (Wildman–Crippen LogP) is 3.88. The summed E-state index contributed by atoms with van der Waals surface area (Å²) in [6.07, 6.45) is 0. The quantitative estimate of drug-likeness (QED) is 0.797. The Morgan fingerprint density at radius 1 is 1.14 bits per heavy atom. The number of aromatic carboxylic acids is 1. The molecular weight excluding hydrogens is 266 g/mol. The lowest BCUT2D eigenvalue weighted by atomic mass is 10.0. The van der Waals surface area contributed by atoms with Crippen LogP contribution in [0.4, 0.5) is 5.69 Å². The zero-order valence-corrected chi connectivity index (χ0v) is 12.3. The molecule has 0 aliphatic rings. The maximum absolute atomic E-state index is 10.9. The van der Waals surface area contributed by atoms with Crippen LogP contribution in [0.5, 0.6) is 5.75 Å². The van der Waals surface area contributed by atoms with E-state index in [9.17, 15) is 9.90 Å². The molecule has 0 radical (unpaired) electrons. The second kappa shape index (κ2) is 5.87. The normalized spacial score (nSPS) is 12.0. The highest BCUT2D eigenvalue weighted by Crippen LogP contribution is 2.29. The molecule has 0 saturated carbocycles. The van der Waals surface area contributed by atoms with Gasteiger partial charge in [-0.25, -0.2) is 4.79 Å². The highest BCUT2D eigenvalue weighted by atomic mass is 16.4. The molecular formula is C17H19NO3. The minimum atomic E-state index is -0.936. The number of hydrogen-bond acceptors (Lipinski definition) is 3. The number of nitrogens with one attached hydrogen (secondary N) is 1. The lowest BCUT2D eigenvalue weighted by molar-refractivity contribution is 0.0697. The predicted molar refractivity (Wildman–Crippen MR) is 83.0 cm³/mol. The molecule has 0 fully saturated rings. The standard InChI is InChI=1S/C17H19NO3/c1-10-4-7-16(19)14(8-10)12(3)18-15-6-5-13(17(20)21)9-11(15)2/h4-9,12,18-19H,1-3H3,(H,20,21). The van der Waals surface area contributed by atoms with Crippen LogP contribution < -0.4 is 5.32 Å². The number of rotatable bonds is 4. The molecule has 0 aromatic heterocycles. The van der Waals surface area contributed by atoms with Gasteiger partial charge < -0.3 is 15.5 Å². The van der Waals surface area contributed by atoms with Crippen LogP contribution in [0.25, 0.3) is 0 Å². The number of aromatic hydroxyl groups is 1. The Morgan fingerprint density at radius 3 is 2.48 bits per heavy atom. The Kier molecular flexibility index (Phi) is 4.17. The van der Waals surface area contributed by atoms with Crippen LogP contribution in [-0.2, 0) is 0 Å². The van der Waals surface area contributed by atoms with Gasteiger partial charge in [-0.3, -0.25) is 0 Å². The Bertz CT molecular complexity index is 680. The van der Waals surface area contributed by atoms with Crippen molar-refractivity contribution in [1.82, 2.24) is 0 Å². The van der Waals surface area contributed by atoms with Gasteiger partial charge in [0.15, 0.2) is 0 Å². The van der Waals surface area contributed by atoms with E-state index in [0.29, 0.717) is 0 Å².